The summed E-state index contributed by atoms with van der Waals surface area (Å²) in [6, 6.07) is 0. The van der Waals surface area contributed by atoms with Crippen LogP contribution in [0.1, 0.15) is 60.3 Å². The van der Waals surface area contributed by atoms with Crippen molar-refractivity contribution >= 4 is 5.91 Å². The van der Waals surface area contributed by atoms with Crippen LogP contribution in [-0.2, 0) is 0 Å². The molecule has 1 saturated carbocycles. The van der Waals surface area contributed by atoms with Gasteiger partial charge >= 0.3 is 0 Å². The lowest BCUT2D eigenvalue weighted by atomic mass is 9.69. The zero-order valence-electron chi connectivity index (χ0n) is 13.8. The van der Waals surface area contributed by atoms with E-state index in [0.29, 0.717) is 23.3 Å². The van der Waals surface area contributed by atoms with Gasteiger partial charge in [-0.3, -0.25) is 9.78 Å². The maximum absolute atomic E-state index is 12.0. The van der Waals surface area contributed by atoms with Gasteiger partial charge in [0.15, 0.2) is 11.5 Å². The lowest BCUT2D eigenvalue weighted by molar-refractivity contribution is 0.0984. The normalized spacial score (nSPS) is 25.0. The molecular formula is C17H21N5O2. The Hall–Kier alpha value is -2.28. The van der Waals surface area contributed by atoms with Crippen LogP contribution in [0, 0.1) is 11.3 Å². The topological polar surface area (TPSA) is 107 Å². The summed E-state index contributed by atoms with van der Waals surface area (Å²) in [6.07, 6.45) is 6.88. The number of aliphatic hydroxyl groups excluding tert-OH is 1. The summed E-state index contributed by atoms with van der Waals surface area (Å²) < 4.78 is 1.73. The summed E-state index contributed by atoms with van der Waals surface area (Å²) in [6.45, 7) is 4.09. The largest absolute Gasteiger partial charge is 0.396 e. The lowest BCUT2D eigenvalue weighted by Crippen LogP contribution is -2.31. The molecule has 0 bridgehead atoms. The lowest BCUT2D eigenvalue weighted by Gasteiger charge is -2.35. The number of nitrogens with zero attached hydrogens (tertiary/aromatic N) is 4. The van der Waals surface area contributed by atoms with Crippen molar-refractivity contribution in [2.24, 2.45) is 17.1 Å². The number of carbonyl (C=O) groups is 1. The molecule has 3 unspecified atom stereocenters. The third-order valence-electron chi connectivity index (χ3n) is 5.47. The van der Waals surface area contributed by atoms with E-state index in [4.69, 9.17) is 5.73 Å². The van der Waals surface area contributed by atoms with E-state index in [2.05, 4.69) is 15.1 Å². The molecule has 4 rings (SSSR count). The summed E-state index contributed by atoms with van der Waals surface area (Å²) in [7, 11) is 0. The number of aromatic nitrogens is 4. The van der Waals surface area contributed by atoms with E-state index in [1.165, 1.54) is 0 Å². The van der Waals surface area contributed by atoms with Crippen LogP contribution in [0.5, 0.6) is 0 Å². The average molecular weight is 327 g/mol. The van der Waals surface area contributed by atoms with E-state index in [0.717, 1.165) is 24.1 Å². The van der Waals surface area contributed by atoms with E-state index in [9.17, 15) is 9.90 Å². The Morgan fingerprint density at radius 2 is 2.21 bits per heavy atom. The van der Waals surface area contributed by atoms with Crippen LogP contribution in [0.25, 0.3) is 5.82 Å². The van der Waals surface area contributed by atoms with Gasteiger partial charge in [-0.2, -0.15) is 5.10 Å². The first-order valence-electron chi connectivity index (χ1n) is 8.24. The summed E-state index contributed by atoms with van der Waals surface area (Å²) in [4.78, 5) is 20.5. The van der Waals surface area contributed by atoms with Crippen LogP contribution in [0.4, 0.5) is 0 Å². The third-order valence-corrected chi connectivity index (χ3v) is 5.47. The van der Waals surface area contributed by atoms with E-state index in [1.54, 1.807) is 23.3 Å². The molecule has 3 atom stereocenters. The standard InChI is InChI=1S/C17H21N5O2/c1-17(2,8-23)11-6-9-5-10(9)15-13(11)14(16(18)24)21-22(15)12-7-19-3-4-20-12/h3-4,7,9-11,23H,5-6,8H2,1-2H3,(H2,18,24). The van der Waals surface area contributed by atoms with Gasteiger partial charge in [-0.15, -0.1) is 0 Å². The number of fused-ring (bicyclic) bond motifs is 3. The molecule has 0 radical (unpaired) electrons. The Balaban J connectivity index is 1.95. The number of hydrogen-bond donors (Lipinski definition) is 2. The molecule has 3 N–H and O–H groups in total. The fraction of sp³-hybridized carbons (Fsp3) is 0.529. The molecule has 2 aliphatic carbocycles. The van der Waals surface area contributed by atoms with Crippen molar-refractivity contribution in [3.05, 3.63) is 35.5 Å². The maximum Gasteiger partial charge on any atom is 0.269 e. The minimum absolute atomic E-state index is 0.0447. The third kappa shape index (κ3) is 2.15. The first kappa shape index (κ1) is 15.3. The van der Waals surface area contributed by atoms with Gasteiger partial charge in [0.1, 0.15) is 0 Å². The number of nitrogens with two attached hydrogens (primary N) is 1. The second-order valence-electron chi connectivity index (χ2n) is 7.52. The molecule has 0 aromatic carbocycles. The van der Waals surface area contributed by atoms with Crippen molar-refractivity contribution in [2.75, 3.05) is 6.61 Å². The van der Waals surface area contributed by atoms with Gasteiger partial charge in [-0.25, -0.2) is 9.67 Å². The highest BCUT2D eigenvalue weighted by atomic mass is 16.3. The predicted octanol–water partition coefficient (Wildman–Crippen LogP) is 1.37. The SMILES string of the molecule is CC(C)(CO)C1CC2CC2c2c1c(C(N)=O)nn2-c1cnccn1. The highest BCUT2D eigenvalue weighted by Crippen LogP contribution is 2.62. The van der Waals surface area contributed by atoms with E-state index in [-0.39, 0.29) is 17.9 Å². The molecule has 2 aromatic heterocycles. The van der Waals surface area contributed by atoms with Crippen LogP contribution in [-0.4, -0.2) is 37.4 Å². The van der Waals surface area contributed by atoms with Crippen LogP contribution >= 0.6 is 0 Å². The molecule has 0 aliphatic heterocycles. The van der Waals surface area contributed by atoms with Gasteiger partial charge < -0.3 is 10.8 Å². The molecule has 7 nitrogen and oxygen atoms in total. The van der Waals surface area contributed by atoms with Crippen LogP contribution < -0.4 is 5.73 Å². The van der Waals surface area contributed by atoms with Crippen molar-refractivity contribution in [3.8, 4) is 5.82 Å². The first-order chi connectivity index (χ1) is 11.4. The molecule has 0 spiro atoms. The molecule has 1 fully saturated rings. The molecular weight excluding hydrogens is 306 g/mol. The van der Waals surface area contributed by atoms with Crippen molar-refractivity contribution in [1.82, 2.24) is 19.7 Å². The van der Waals surface area contributed by atoms with E-state index >= 15 is 0 Å². The van der Waals surface area contributed by atoms with Gasteiger partial charge in [0.05, 0.1) is 11.9 Å². The number of rotatable bonds is 4. The van der Waals surface area contributed by atoms with Crippen molar-refractivity contribution in [1.29, 1.82) is 0 Å². The first-order valence-corrected chi connectivity index (χ1v) is 8.24. The number of hydrogen-bond acceptors (Lipinski definition) is 5. The monoisotopic (exact) mass is 327 g/mol. The summed E-state index contributed by atoms with van der Waals surface area (Å²) >= 11 is 0. The number of carbonyl (C=O) groups excluding carboxylic acids is 1. The fourth-order valence-corrected chi connectivity index (χ4v) is 3.98. The van der Waals surface area contributed by atoms with Crippen molar-refractivity contribution in [2.45, 2.75) is 38.5 Å². The Labute approximate surface area is 139 Å². The van der Waals surface area contributed by atoms with Crippen LogP contribution in [0.2, 0.25) is 0 Å². The minimum Gasteiger partial charge on any atom is -0.396 e. The summed E-state index contributed by atoms with van der Waals surface area (Å²) in [5.41, 5.74) is 7.49. The minimum atomic E-state index is -0.535. The Morgan fingerprint density at radius 1 is 1.42 bits per heavy atom. The molecule has 24 heavy (non-hydrogen) atoms. The molecule has 1 amide bonds. The highest BCUT2D eigenvalue weighted by molar-refractivity contribution is 5.93. The van der Waals surface area contributed by atoms with Gasteiger partial charge in [-0.05, 0) is 30.1 Å². The van der Waals surface area contributed by atoms with Gasteiger partial charge in [0.25, 0.3) is 5.91 Å². The average Bonchev–Trinajstić information content (AvgIpc) is 3.25. The second kappa shape index (κ2) is 5.11. The van der Waals surface area contributed by atoms with E-state index < -0.39 is 5.91 Å². The predicted molar refractivity (Wildman–Crippen MR) is 86.7 cm³/mol. The zero-order valence-corrected chi connectivity index (χ0v) is 13.8. The second-order valence-corrected chi connectivity index (χ2v) is 7.52. The van der Waals surface area contributed by atoms with Crippen LogP contribution in [0.3, 0.4) is 0 Å². The molecule has 2 aliphatic rings. The fourth-order valence-electron chi connectivity index (χ4n) is 3.98. The van der Waals surface area contributed by atoms with Crippen molar-refractivity contribution < 1.29 is 9.90 Å². The number of amides is 1. The Morgan fingerprint density at radius 3 is 2.83 bits per heavy atom. The Bertz CT molecular complexity index is 799. The highest BCUT2D eigenvalue weighted by Gasteiger charge is 2.53. The van der Waals surface area contributed by atoms with Gasteiger partial charge in [-0.1, -0.05) is 13.8 Å². The maximum atomic E-state index is 12.0. The molecule has 0 saturated heterocycles. The number of aliphatic hydroxyl groups is 1. The molecule has 2 heterocycles. The summed E-state index contributed by atoms with van der Waals surface area (Å²) in [5.74, 6) is 1.06. The summed E-state index contributed by atoms with van der Waals surface area (Å²) in [5, 5.41) is 14.4. The molecule has 126 valence electrons. The molecule has 7 heteroatoms. The van der Waals surface area contributed by atoms with Gasteiger partial charge in [0.2, 0.25) is 0 Å². The molecule has 2 aromatic rings. The van der Waals surface area contributed by atoms with E-state index in [1.807, 2.05) is 13.8 Å². The zero-order chi connectivity index (χ0) is 17.1. The van der Waals surface area contributed by atoms with Crippen LogP contribution in [0.15, 0.2) is 18.6 Å². The van der Waals surface area contributed by atoms with Crippen molar-refractivity contribution in [3.63, 3.8) is 0 Å². The number of primary amides is 1. The smallest absolute Gasteiger partial charge is 0.269 e. The van der Waals surface area contributed by atoms with Gasteiger partial charge in [0, 0.05) is 30.5 Å². The quantitative estimate of drug-likeness (QED) is 0.882. The Kier molecular flexibility index (Phi) is 3.25.